The molecule has 0 aliphatic carbocycles. The number of nitrogens with zero attached hydrogens (tertiary/aromatic N) is 1. The second-order valence-electron chi connectivity index (χ2n) is 5.37. The maximum absolute atomic E-state index is 12.3. The van der Waals surface area contributed by atoms with E-state index < -0.39 is 5.97 Å². The SMILES string of the molecule is O=C(COC(=O)c1ccccc1CSC1=NCCS1)NCc1ccco1. The van der Waals surface area contributed by atoms with Crippen molar-refractivity contribution in [1.82, 2.24) is 5.32 Å². The maximum atomic E-state index is 12.3. The first kappa shape index (κ1) is 18.6. The normalized spacial score (nSPS) is 13.3. The van der Waals surface area contributed by atoms with Crippen LogP contribution in [-0.4, -0.2) is 35.2 Å². The van der Waals surface area contributed by atoms with Crippen molar-refractivity contribution in [3.8, 4) is 0 Å². The topological polar surface area (TPSA) is 80.9 Å². The molecule has 26 heavy (non-hydrogen) atoms. The van der Waals surface area contributed by atoms with Crippen LogP contribution >= 0.6 is 23.5 Å². The minimum Gasteiger partial charge on any atom is -0.467 e. The highest BCUT2D eigenvalue weighted by atomic mass is 32.2. The zero-order valence-corrected chi connectivity index (χ0v) is 15.6. The van der Waals surface area contributed by atoms with Crippen molar-refractivity contribution in [2.45, 2.75) is 12.3 Å². The summed E-state index contributed by atoms with van der Waals surface area (Å²) in [6.45, 7) is 0.782. The van der Waals surface area contributed by atoms with Crippen molar-refractivity contribution >= 4 is 39.8 Å². The Morgan fingerprint density at radius 3 is 2.92 bits per heavy atom. The lowest BCUT2D eigenvalue weighted by molar-refractivity contribution is -0.124. The van der Waals surface area contributed by atoms with Crippen molar-refractivity contribution in [3.63, 3.8) is 0 Å². The molecule has 0 bridgehead atoms. The largest absolute Gasteiger partial charge is 0.467 e. The third-order valence-corrected chi connectivity index (χ3v) is 5.82. The van der Waals surface area contributed by atoms with Gasteiger partial charge in [-0.25, -0.2) is 4.79 Å². The Labute approximate surface area is 159 Å². The first-order valence-electron chi connectivity index (χ1n) is 8.06. The second kappa shape index (κ2) is 9.49. The van der Waals surface area contributed by atoms with Crippen LogP contribution in [0.25, 0.3) is 0 Å². The number of furan rings is 1. The summed E-state index contributed by atoms with van der Waals surface area (Å²) in [6, 6.07) is 10.8. The van der Waals surface area contributed by atoms with Crippen LogP contribution in [0.2, 0.25) is 0 Å². The van der Waals surface area contributed by atoms with E-state index >= 15 is 0 Å². The van der Waals surface area contributed by atoms with Crippen molar-refractivity contribution in [3.05, 3.63) is 59.5 Å². The summed E-state index contributed by atoms with van der Waals surface area (Å²) in [4.78, 5) is 28.5. The Morgan fingerprint density at radius 2 is 2.15 bits per heavy atom. The Hall–Kier alpha value is -2.19. The van der Waals surface area contributed by atoms with E-state index in [9.17, 15) is 9.59 Å². The third-order valence-electron chi connectivity index (χ3n) is 3.52. The zero-order valence-electron chi connectivity index (χ0n) is 14.0. The fraction of sp³-hybridized carbons (Fsp3) is 0.278. The molecule has 1 amide bonds. The average Bonchev–Trinajstić information content (AvgIpc) is 3.36. The van der Waals surface area contributed by atoms with Gasteiger partial charge >= 0.3 is 5.97 Å². The van der Waals surface area contributed by atoms with Crippen LogP contribution in [-0.2, 0) is 21.8 Å². The molecule has 0 saturated carbocycles. The summed E-state index contributed by atoms with van der Waals surface area (Å²) in [7, 11) is 0. The second-order valence-corrected chi connectivity index (χ2v) is 7.68. The molecule has 1 N–H and O–H groups in total. The van der Waals surface area contributed by atoms with E-state index in [1.165, 1.54) is 6.26 Å². The number of hydrogen-bond donors (Lipinski definition) is 1. The predicted molar refractivity (Wildman–Crippen MR) is 103 cm³/mol. The lowest BCUT2D eigenvalue weighted by Gasteiger charge is -2.09. The van der Waals surface area contributed by atoms with Crippen LogP contribution in [0.3, 0.4) is 0 Å². The number of ether oxygens (including phenoxy) is 1. The van der Waals surface area contributed by atoms with E-state index in [0.29, 0.717) is 17.1 Å². The van der Waals surface area contributed by atoms with E-state index in [1.54, 1.807) is 47.8 Å². The highest BCUT2D eigenvalue weighted by Gasteiger charge is 2.16. The van der Waals surface area contributed by atoms with Gasteiger partial charge in [-0.05, 0) is 23.8 Å². The lowest BCUT2D eigenvalue weighted by atomic mass is 10.1. The molecule has 0 radical (unpaired) electrons. The molecule has 1 aromatic carbocycles. The molecule has 0 atom stereocenters. The first-order chi connectivity index (χ1) is 12.7. The minimum atomic E-state index is -0.504. The molecular weight excluding hydrogens is 372 g/mol. The highest BCUT2D eigenvalue weighted by molar-refractivity contribution is 8.38. The van der Waals surface area contributed by atoms with E-state index in [0.717, 1.165) is 22.2 Å². The molecule has 8 heteroatoms. The van der Waals surface area contributed by atoms with Gasteiger partial charge in [0.25, 0.3) is 5.91 Å². The summed E-state index contributed by atoms with van der Waals surface area (Å²) in [6.07, 6.45) is 1.53. The summed E-state index contributed by atoms with van der Waals surface area (Å²) in [5.74, 6) is 1.41. The van der Waals surface area contributed by atoms with Gasteiger partial charge in [0.15, 0.2) is 6.61 Å². The summed E-state index contributed by atoms with van der Waals surface area (Å²) >= 11 is 3.35. The number of esters is 1. The van der Waals surface area contributed by atoms with Crippen LogP contribution < -0.4 is 5.32 Å². The summed E-state index contributed by atoms with van der Waals surface area (Å²) in [5, 5.41) is 2.64. The number of carbonyl (C=O) groups excluding carboxylic acids is 2. The van der Waals surface area contributed by atoms with Gasteiger partial charge in [0.05, 0.1) is 24.9 Å². The molecule has 2 heterocycles. The van der Waals surface area contributed by atoms with Crippen molar-refractivity contribution in [2.24, 2.45) is 4.99 Å². The van der Waals surface area contributed by atoms with Crippen LogP contribution in [0.4, 0.5) is 0 Å². The Bertz CT molecular complexity index is 790. The van der Waals surface area contributed by atoms with Crippen LogP contribution in [0.15, 0.2) is 52.1 Å². The smallest absolute Gasteiger partial charge is 0.338 e. The monoisotopic (exact) mass is 390 g/mol. The Balaban J connectivity index is 1.49. The number of hydrogen-bond acceptors (Lipinski definition) is 7. The van der Waals surface area contributed by atoms with Crippen molar-refractivity contribution in [1.29, 1.82) is 0 Å². The van der Waals surface area contributed by atoms with Crippen molar-refractivity contribution in [2.75, 3.05) is 18.9 Å². The molecule has 1 aromatic heterocycles. The van der Waals surface area contributed by atoms with E-state index in [2.05, 4.69) is 10.3 Å². The van der Waals surface area contributed by atoms with E-state index in [4.69, 9.17) is 9.15 Å². The fourth-order valence-corrected chi connectivity index (χ4v) is 4.26. The Morgan fingerprint density at radius 1 is 1.27 bits per heavy atom. The van der Waals surface area contributed by atoms with Gasteiger partial charge in [-0.3, -0.25) is 9.79 Å². The van der Waals surface area contributed by atoms with Gasteiger partial charge < -0.3 is 14.5 Å². The number of nitrogens with one attached hydrogen (secondary N) is 1. The molecule has 0 unspecified atom stereocenters. The first-order valence-corrected chi connectivity index (χ1v) is 10.0. The van der Waals surface area contributed by atoms with Gasteiger partial charge in [-0.1, -0.05) is 41.7 Å². The molecule has 1 aliphatic heterocycles. The van der Waals surface area contributed by atoms with E-state index in [1.807, 2.05) is 12.1 Å². The van der Waals surface area contributed by atoms with Gasteiger partial charge in [0.1, 0.15) is 10.1 Å². The number of rotatable bonds is 7. The molecule has 2 aromatic rings. The lowest BCUT2D eigenvalue weighted by Crippen LogP contribution is -2.28. The standard InChI is InChI=1S/C18H18N2O4S2/c21-16(20-10-14-5-3-8-23-14)11-24-17(22)15-6-2-1-4-13(15)12-26-18-19-7-9-25-18/h1-6,8H,7,9-12H2,(H,20,21). The van der Waals surface area contributed by atoms with Crippen LogP contribution in [0, 0.1) is 0 Å². The molecule has 136 valence electrons. The van der Waals surface area contributed by atoms with Gasteiger partial charge in [0, 0.05) is 11.5 Å². The van der Waals surface area contributed by atoms with Crippen LogP contribution in [0.5, 0.6) is 0 Å². The molecule has 0 spiro atoms. The number of thioether (sulfide) groups is 2. The predicted octanol–water partition coefficient (Wildman–Crippen LogP) is 3.09. The quantitative estimate of drug-likeness (QED) is 0.732. The van der Waals surface area contributed by atoms with Crippen LogP contribution in [0.1, 0.15) is 21.7 Å². The molecular formula is C18H18N2O4S2. The van der Waals surface area contributed by atoms with E-state index in [-0.39, 0.29) is 19.1 Å². The molecule has 0 saturated heterocycles. The zero-order chi connectivity index (χ0) is 18.2. The Kier molecular flexibility index (Phi) is 6.79. The summed E-state index contributed by atoms with van der Waals surface area (Å²) < 4.78 is 11.3. The molecule has 3 rings (SSSR count). The van der Waals surface area contributed by atoms with Crippen molar-refractivity contribution < 1.29 is 18.7 Å². The number of aliphatic imine (C=N–C) groups is 1. The van der Waals surface area contributed by atoms with Gasteiger partial charge in [-0.2, -0.15) is 0 Å². The van der Waals surface area contributed by atoms with Gasteiger partial charge in [0.2, 0.25) is 0 Å². The maximum Gasteiger partial charge on any atom is 0.338 e. The third kappa shape index (κ3) is 5.40. The molecule has 0 fully saturated rings. The number of carbonyl (C=O) groups is 2. The average molecular weight is 390 g/mol. The fourth-order valence-electron chi connectivity index (χ4n) is 2.25. The number of benzene rings is 1. The molecule has 1 aliphatic rings. The summed E-state index contributed by atoms with van der Waals surface area (Å²) in [5.41, 5.74) is 1.34. The molecule has 6 nitrogen and oxygen atoms in total. The minimum absolute atomic E-state index is 0.260. The highest BCUT2D eigenvalue weighted by Crippen LogP contribution is 2.26. The van der Waals surface area contributed by atoms with Gasteiger partial charge in [-0.15, -0.1) is 0 Å². The number of amides is 1.